The summed E-state index contributed by atoms with van der Waals surface area (Å²) in [6.07, 6.45) is 5.07. The van der Waals surface area contributed by atoms with E-state index in [1.54, 1.807) is 0 Å². The van der Waals surface area contributed by atoms with Gasteiger partial charge in [-0.25, -0.2) is 0 Å². The van der Waals surface area contributed by atoms with Crippen molar-refractivity contribution in [1.29, 1.82) is 0 Å². The van der Waals surface area contributed by atoms with Crippen LogP contribution in [0.15, 0.2) is 24.3 Å². The van der Waals surface area contributed by atoms with E-state index in [1.807, 2.05) is 0 Å². The highest BCUT2D eigenvalue weighted by Gasteiger charge is 2.29. The lowest BCUT2D eigenvalue weighted by Gasteiger charge is -2.35. The van der Waals surface area contributed by atoms with Gasteiger partial charge in [0.25, 0.3) is 0 Å². The molecule has 2 rings (SSSR count). The molecule has 3 unspecified atom stereocenters. The Morgan fingerprint density at radius 1 is 1.35 bits per heavy atom. The van der Waals surface area contributed by atoms with Crippen molar-refractivity contribution < 1.29 is 0 Å². The molecule has 0 bridgehead atoms. The second kappa shape index (κ2) is 7.24. The molecule has 0 heterocycles. The summed E-state index contributed by atoms with van der Waals surface area (Å²) in [6.45, 7) is 5.84. The molecule has 1 aromatic carbocycles. The molecule has 1 aromatic rings. The minimum Gasteiger partial charge on any atom is -0.312 e. The summed E-state index contributed by atoms with van der Waals surface area (Å²) in [5, 5.41) is 3.58. The predicted octanol–water partition coefficient (Wildman–Crippen LogP) is 3.63. The number of fused-ring (bicyclic) bond motifs is 1. The Kier molecular flexibility index (Phi) is 5.62. The van der Waals surface area contributed by atoms with Crippen LogP contribution >= 0.6 is 0 Å². The Morgan fingerprint density at radius 3 is 2.80 bits per heavy atom. The maximum atomic E-state index is 3.58. The van der Waals surface area contributed by atoms with Crippen molar-refractivity contribution >= 4 is 0 Å². The van der Waals surface area contributed by atoms with Crippen molar-refractivity contribution in [3.05, 3.63) is 35.4 Å². The van der Waals surface area contributed by atoms with E-state index in [0.717, 1.165) is 5.92 Å². The number of nitrogens with zero attached hydrogens (tertiary/aromatic N) is 1. The number of aryl methyl sites for hydroxylation is 1. The summed E-state index contributed by atoms with van der Waals surface area (Å²) in [5.41, 5.74) is 3.04. The van der Waals surface area contributed by atoms with Gasteiger partial charge in [0, 0.05) is 18.6 Å². The van der Waals surface area contributed by atoms with Crippen LogP contribution < -0.4 is 5.32 Å². The number of likely N-dealkylation sites (N-methyl/N-ethyl adjacent to an activating group) is 2. The van der Waals surface area contributed by atoms with Gasteiger partial charge in [-0.1, -0.05) is 44.5 Å². The normalized spacial score (nSPS) is 24.2. The zero-order chi connectivity index (χ0) is 14.5. The molecule has 2 heteroatoms. The number of benzene rings is 1. The quantitative estimate of drug-likeness (QED) is 0.825. The van der Waals surface area contributed by atoms with Crippen LogP contribution in [0, 0.1) is 5.92 Å². The van der Waals surface area contributed by atoms with Crippen molar-refractivity contribution in [1.82, 2.24) is 10.2 Å². The lowest BCUT2D eigenvalue weighted by molar-refractivity contribution is 0.164. The highest BCUT2D eigenvalue weighted by molar-refractivity contribution is 5.32. The van der Waals surface area contributed by atoms with E-state index in [4.69, 9.17) is 0 Å². The van der Waals surface area contributed by atoms with E-state index in [1.165, 1.54) is 43.4 Å². The maximum absolute atomic E-state index is 3.58. The van der Waals surface area contributed by atoms with Crippen LogP contribution in [0.5, 0.6) is 0 Å². The summed E-state index contributed by atoms with van der Waals surface area (Å²) in [4.78, 5) is 2.58. The summed E-state index contributed by atoms with van der Waals surface area (Å²) in [6, 6.07) is 10.0. The lowest BCUT2D eigenvalue weighted by Crippen LogP contribution is -2.43. The molecule has 0 aliphatic heterocycles. The van der Waals surface area contributed by atoms with Crippen LogP contribution in [-0.4, -0.2) is 31.6 Å². The molecule has 1 aliphatic rings. The van der Waals surface area contributed by atoms with E-state index in [9.17, 15) is 0 Å². The SMILES string of the molecule is CCC(C)CN(C)C1CCCc2ccccc2C1NC. The van der Waals surface area contributed by atoms with E-state index < -0.39 is 0 Å². The highest BCUT2D eigenvalue weighted by atomic mass is 15.2. The van der Waals surface area contributed by atoms with Gasteiger partial charge >= 0.3 is 0 Å². The Morgan fingerprint density at radius 2 is 2.10 bits per heavy atom. The summed E-state index contributed by atoms with van der Waals surface area (Å²) < 4.78 is 0. The van der Waals surface area contributed by atoms with Gasteiger partial charge in [0.1, 0.15) is 0 Å². The summed E-state index contributed by atoms with van der Waals surface area (Å²) >= 11 is 0. The van der Waals surface area contributed by atoms with Crippen LogP contribution in [0.4, 0.5) is 0 Å². The van der Waals surface area contributed by atoms with Crippen molar-refractivity contribution in [2.75, 3.05) is 20.6 Å². The first-order valence-corrected chi connectivity index (χ1v) is 8.12. The summed E-state index contributed by atoms with van der Waals surface area (Å²) in [5.74, 6) is 0.774. The fraction of sp³-hybridized carbons (Fsp3) is 0.667. The maximum Gasteiger partial charge on any atom is 0.0478 e. The minimum absolute atomic E-state index is 0.461. The first-order chi connectivity index (χ1) is 9.67. The number of rotatable bonds is 5. The van der Waals surface area contributed by atoms with Gasteiger partial charge in [-0.05, 0) is 50.4 Å². The molecular weight excluding hydrogens is 244 g/mol. The van der Waals surface area contributed by atoms with Crippen LogP contribution in [0.3, 0.4) is 0 Å². The zero-order valence-electron chi connectivity index (χ0n) is 13.5. The first-order valence-electron chi connectivity index (χ1n) is 8.12. The van der Waals surface area contributed by atoms with Crippen LogP contribution in [0.25, 0.3) is 0 Å². The van der Waals surface area contributed by atoms with Gasteiger partial charge in [0.05, 0.1) is 0 Å². The van der Waals surface area contributed by atoms with Gasteiger partial charge in [0.15, 0.2) is 0 Å². The van der Waals surface area contributed by atoms with E-state index in [0.29, 0.717) is 12.1 Å². The lowest BCUT2D eigenvalue weighted by atomic mass is 9.94. The van der Waals surface area contributed by atoms with Crippen molar-refractivity contribution in [3.63, 3.8) is 0 Å². The molecule has 20 heavy (non-hydrogen) atoms. The molecule has 2 nitrogen and oxygen atoms in total. The molecule has 0 fully saturated rings. The average Bonchev–Trinajstić information content (AvgIpc) is 2.65. The second-order valence-electron chi connectivity index (χ2n) is 6.38. The highest BCUT2D eigenvalue weighted by Crippen LogP contribution is 2.31. The number of hydrogen-bond acceptors (Lipinski definition) is 2. The number of nitrogens with one attached hydrogen (secondary N) is 1. The Balaban J connectivity index is 2.21. The molecule has 112 valence electrons. The third-order valence-electron chi connectivity index (χ3n) is 4.89. The molecule has 0 saturated carbocycles. The van der Waals surface area contributed by atoms with Crippen LogP contribution in [0.2, 0.25) is 0 Å². The smallest absolute Gasteiger partial charge is 0.0478 e. The fourth-order valence-corrected chi connectivity index (χ4v) is 3.52. The van der Waals surface area contributed by atoms with Gasteiger partial charge in [-0.15, -0.1) is 0 Å². The van der Waals surface area contributed by atoms with Crippen molar-refractivity contribution in [3.8, 4) is 0 Å². The largest absolute Gasteiger partial charge is 0.312 e. The van der Waals surface area contributed by atoms with E-state index >= 15 is 0 Å². The van der Waals surface area contributed by atoms with Crippen LogP contribution in [0.1, 0.15) is 50.3 Å². The predicted molar refractivity (Wildman–Crippen MR) is 87.1 cm³/mol. The molecule has 0 radical (unpaired) electrons. The zero-order valence-corrected chi connectivity index (χ0v) is 13.5. The molecule has 0 amide bonds. The molecule has 0 saturated heterocycles. The van der Waals surface area contributed by atoms with Gasteiger partial charge in [0.2, 0.25) is 0 Å². The average molecular weight is 274 g/mol. The molecule has 1 aliphatic carbocycles. The fourth-order valence-electron chi connectivity index (χ4n) is 3.52. The Hall–Kier alpha value is -0.860. The van der Waals surface area contributed by atoms with Gasteiger partial charge < -0.3 is 10.2 Å². The van der Waals surface area contributed by atoms with E-state index in [2.05, 4.69) is 62.4 Å². The molecular formula is C18H30N2. The standard InChI is InChI=1S/C18H30N2/c1-5-14(2)13-20(4)17-12-8-10-15-9-6-7-11-16(15)18(17)19-3/h6-7,9,11,14,17-19H,5,8,10,12-13H2,1-4H3. The van der Waals surface area contributed by atoms with Gasteiger partial charge in [-0.2, -0.15) is 0 Å². The molecule has 0 aromatic heterocycles. The van der Waals surface area contributed by atoms with Crippen LogP contribution in [-0.2, 0) is 6.42 Å². The van der Waals surface area contributed by atoms with E-state index in [-0.39, 0.29) is 0 Å². The molecule has 1 N–H and O–H groups in total. The Labute approximate surface area is 124 Å². The second-order valence-corrected chi connectivity index (χ2v) is 6.38. The first kappa shape index (κ1) is 15.5. The topological polar surface area (TPSA) is 15.3 Å². The Bertz CT molecular complexity index is 416. The number of hydrogen-bond donors (Lipinski definition) is 1. The summed E-state index contributed by atoms with van der Waals surface area (Å²) in [7, 11) is 4.41. The monoisotopic (exact) mass is 274 g/mol. The molecule has 0 spiro atoms. The molecule has 3 atom stereocenters. The minimum atomic E-state index is 0.461. The van der Waals surface area contributed by atoms with Gasteiger partial charge in [-0.3, -0.25) is 0 Å². The third kappa shape index (κ3) is 3.42. The van der Waals surface area contributed by atoms with Crippen molar-refractivity contribution in [2.24, 2.45) is 5.92 Å². The van der Waals surface area contributed by atoms with Crippen molar-refractivity contribution in [2.45, 2.75) is 51.6 Å². The third-order valence-corrected chi connectivity index (χ3v) is 4.89.